The van der Waals surface area contributed by atoms with Gasteiger partial charge in [0.05, 0.1) is 0 Å². The molecule has 2 bridgehead atoms. The van der Waals surface area contributed by atoms with Gasteiger partial charge in [0.1, 0.15) is 5.82 Å². The van der Waals surface area contributed by atoms with E-state index in [-0.39, 0.29) is 5.82 Å². The Morgan fingerprint density at radius 3 is 2.48 bits per heavy atom. The minimum atomic E-state index is -0.144. The van der Waals surface area contributed by atoms with Crippen molar-refractivity contribution in [3.8, 4) is 0 Å². The molecule has 2 heteroatoms. The SMILES string of the molecule is CC1(C)[C@H]2CC[C@]1(C)[C@H](NCCCc1ccc(F)cc1)C2. The van der Waals surface area contributed by atoms with Crippen LogP contribution in [0, 0.1) is 22.6 Å². The molecular weight excluding hydrogens is 261 g/mol. The van der Waals surface area contributed by atoms with E-state index in [2.05, 4.69) is 26.1 Å². The van der Waals surface area contributed by atoms with Crippen molar-refractivity contribution >= 4 is 0 Å². The minimum Gasteiger partial charge on any atom is -0.313 e. The fourth-order valence-corrected chi connectivity index (χ4v) is 4.73. The smallest absolute Gasteiger partial charge is 0.123 e. The molecule has 0 unspecified atom stereocenters. The number of fused-ring (bicyclic) bond motifs is 2. The summed E-state index contributed by atoms with van der Waals surface area (Å²) in [6.07, 6.45) is 6.30. The summed E-state index contributed by atoms with van der Waals surface area (Å²) in [6.45, 7) is 8.48. The lowest BCUT2D eigenvalue weighted by atomic mass is 9.69. The lowest BCUT2D eigenvalue weighted by Gasteiger charge is -2.39. The van der Waals surface area contributed by atoms with E-state index in [0.717, 1.165) is 25.3 Å². The molecule has 3 atom stereocenters. The highest BCUT2D eigenvalue weighted by Crippen LogP contribution is 2.65. The second kappa shape index (κ2) is 5.39. The third-order valence-electron chi connectivity index (χ3n) is 6.74. The second-order valence-corrected chi connectivity index (χ2v) is 7.85. The monoisotopic (exact) mass is 289 g/mol. The van der Waals surface area contributed by atoms with E-state index in [1.165, 1.54) is 24.8 Å². The molecule has 2 fully saturated rings. The zero-order valence-corrected chi connectivity index (χ0v) is 13.6. The minimum absolute atomic E-state index is 0.144. The maximum absolute atomic E-state index is 12.9. The molecule has 2 saturated carbocycles. The Bertz CT molecular complexity index is 493. The van der Waals surface area contributed by atoms with Crippen LogP contribution in [0.3, 0.4) is 0 Å². The van der Waals surface area contributed by atoms with Gasteiger partial charge in [0, 0.05) is 6.04 Å². The third kappa shape index (κ3) is 2.52. The molecule has 1 aromatic rings. The standard InChI is InChI=1S/C19H28FN/c1-18(2)15-10-11-19(18,3)17(13-15)21-12-4-5-14-6-8-16(20)9-7-14/h6-9,15,17,21H,4-5,10-13H2,1-3H3/t15-,17+,19+/m0/s1. The predicted molar refractivity (Wildman–Crippen MR) is 85.7 cm³/mol. The first kappa shape index (κ1) is 15.0. The van der Waals surface area contributed by atoms with Crippen LogP contribution < -0.4 is 5.32 Å². The molecule has 2 aliphatic carbocycles. The van der Waals surface area contributed by atoms with Crippen LogP contribution in [0.4, 0.5) is 4.39 Å². The highest BCUT2D eigenvalue weighted by Gasteiger charge is 2.60. The average molecular weight is 289 g/mol. The zero-order chi connectivity index (χ0) is 15.1. The number of halogens is 1. The topological polar surface area (TPSA) is 12.0 Å². The van der Waals surface area contributed by atoms with Crippen molar-refractivity contribution in [2.24, 2.45) is 16.7 Å². The fourth-order valence-electron chi connectivity index (χ4n) is 4.73. The molecular formula is C19H28FN. The molecule has 1 aromatic carbocycles. The van der Waals surface area contributed by atoms with Gasteiger partial charge in [-0.25, -0.2) is 4.39 Å². The summed E-state index contributed by atoms with van der Waals surface area (Å²) in [5, 5.41) is 3.82. The summed E-state index contributed by atoms with van der Waals surface area (Å²) >= 11 is 0. The summed E-state index contributed by atoms with van der Waals surface area (Å²) in [7, 11) is 0. The first-order chi connectivity index (χ1) is 9.93. The number of nitrogens with one attached hydrogen (secondary N) is 1. The number of hydrogen-bond donors (Lipinski definition) is 1. The molecule has 0 spiro atoms. The van der Waals surface area contributed by atoms with Gasteiger partial charge in [0.15, 0.2) is 0 Å². The first-order valence-electron chi connectivity index (χ1n) is 8.41. The molecule has 0 radical (unpaired) electrons. The van der Waals surface area contributed by atoms with Crippen molar-refractivity contribution in [2.45, 2.75) is 58.9 Å². The van der Waals surface area contributed by atoms with Gasteiger partial charge < -0.3 is 5.32 Å². The highest BCUT2D eigenvalue weighted by atomic mass is 19.1. The molecule has 0 aromatic heterocycles. The second-order valence-electron chi connectivity index (χ2n) is 7.85. The molecule has 0 saturated heterocycles. The number of rotatable bonds is 5. The van der Waals surface area contributed by atoms with Crippen LogP contribution in [0.1, 0.15) is 52.0 Å². The number of benzene rings is 1. The van der Waals surface area contributed by atoms with E-state index in [9.17, 15) is 4.39 Å². The van der Waals surface area contributed by atoms with Crippen LogP contribution in [0.15, 0.2) is 24.3 Å². The van der Waals surface area contributed by atoms with Gasteiger partial charge in [-0.1, -0.05) is 32.9 Å². The Morgan fingerprint density at radius 2 is 1.90 bits per heavy atom. The Kier molecular flexibility index (Phi) is 3.85. The van der Waals surface area contributed by atoms with Gasteiger partial charge >= 0.3 is 0 Å². The molecule has 2 aliphatic rings. The normalized spacial score (nSPS) is 33.5. The molecule has 3 rings (SSSR count). The van der Waals surface area contributed by atoms with Crippen LogP contribution in [0.5, 0.6) is 0 Å². The van der Waals surface area contributed by atoms with E-state index in [4.69, 9.17) is 0 Å². The summed E-state index contributed by atoms with van der Waals surface area (Å²) in [4.78, 5) is 0. The number of hydrogen-bond acceptors (Lipinski definition) is 1. The van der Waals surface area contributed by atoms with E-state index in [1.54, 1.807) is 12.1 Å². The Hall–Kier alpha value is -0.890. The zero-order valence-electron chi connectivity index (χ0n) is 13.6. The summed E-state index contributed by atoms with van der Waals surface area (Å²) in [5.74, 6) is 0.756. The van der Waals surface area contributed by atoms with Crippen molar-refractivity contribution in [3.05, 3.63) is 35.6 Å². The van der Waals surface area contributed by atoms with Gasteiger partial charge in [-0.2, -0.15) is 0 Å². The first-order valence-corrected chi connectivity index (χ1v) is 8.41. The molecule has 1 nitrogen and oxygen atoms in total. The van der Waals surface area contributed by atoms with Gasteiger partial charge in [-0.15, -0.1) is 0 Å². The average Bonchev–Trinajstić information content (AvgIpc) is 2.78. The lowest BCUT2D eigenvalue weighted by Crippen LogP contribution is -2.44. The van der Waals surface area contributed by atoms with Gasteiger partial charge in [0.2, 0.25) is 0 Å². The van der Waals surface area contributed by atoms with E-state index in [0.29, 0.717) is 16.9 Å². The van der Waals surface area contributed by atoms with E-state index in [1.807, 2.05) is 12.1 Å². The molecule has 0 aliphatic heterocycles. The van der Waals surface area contributed by atoms with Gasteiger partial charge in [0.25, 0.3) is 0 Å². The van der Waals surface area contributed by atoms with Crippen LogP contribution in [-0.2, 0) is 6.42 Å². The molecule has 0 amide bonds. The Morgan fingerprint density at radius 1 is 1.19 bits per heavy atom. The maximum atomic E-state index is 12.9. The van der Waals surface area contributed by atoms with Crippen LogP contribution >= 0.6 is 0 Å². The molecule has 0 heterocycles. The van der Waals surface area contributed by atoms with Crippen molar-refractivity contribution in [2.75, 3.05) is 6.54 Å². The Labute approximate surface area is 128 Å². The third-order valence-corrected chi connectivity index (χ3v) is 6.74. The van der Waals surface area contributed by atoms with Gasteiger partial charge in [-0.05, 0) is 73.1 Å². The van der Waals surface area contributed by atoms with Gasteiger partial charge in [-0.3, -0.25) is 0 Å². The van der Waals surface area contributed by atoms with Crippen LogP contribution in [0.25, 0.3) is 0 Å². The molecule has 116 valence electrons. The van der Waals surface area contributed by atoms with Crippen LogP contribution in [0.2, 0.25) is 0 Å². The fraction of sp³-hybridized carbons (Fsp3) is 0.684. The van der Waals surface area contributed by atoms with Crippen molar-refractivity contribution in [3.63, 3.8) is 0 Å². The Balaban J connectivity index is 1.48. The van der Waals surface area contributed by atoms with E-state index < -0.39 is 0 Å². The van der Waals surface area contributed by atoms with Crippen molar-refractivity contribution < 1.29 is 4.39 Å². The molecule has 21 heavy (non-hydrogen) atoms. The summed E-state index contributed by atoms with van der Waals surface area (Å²) in [5.41, 5.74) is 2.19. The van der Waals surface area contributed by atoms with Crippen molar-refractivity contribution in [1.29, 1.82) is 0 Å². The maximum Gasteiger partial charge on any atom is 0.123 e. The predicted octanol–water partition coefficient (Wildman–Crippen LogP) is 4.56. The lowest BCUT2D eigenvalue weighted by molar-refractivity contribution is 0.121. The quantitative estimate of drug-likeness (QED) is 0.783. The summed E-state index contributed by atoms with van der Waals surface area (Å²) < 4.78 is 12.9. The molecule has 1 N–H and O–H groups in total. The number of aryl methyl sites for hydroxylation is 1. The van der Waals surface area contributed by atoms with E-state index >= 15 is 0 Å². The highest BCUT2D eigenvalue weighted by molar-refractivity contribution is 5.16. The summed E-state index contributed by atoms with van der Waals surface area (Å²) in [6, 6.07) is 7.60. The van der Waals surface area contributed by atoms with Crippen LogP contribution in [-0.4, -0.2) is 12.6 Å². The largest absolute Gasteiger partial charge is 0.313 e. The van der Waals surface area contributed by atoms with Crippen molar-refractivity contribution in [1.82, 2.24) is 5.32 Å².